The fourth-order valence-corrected chi connectivity index (χ4v) is 3.23. The van der Waals surface area contributed by atoms with Gasteiger partial charge < -0.3 is 10.4 Å². The fraction of sp³-hybridized carbons (Fsp3) is 0.625. The zero-order valence-corrected chi connectivity index (χ0v) is 11.7. The highest BCUT2D eigenvalue weighted by atomic mass is 16.3. The van der Waals surface area contributed by atoms with E-state index in [1.54, 1.807) is 0 Å². The van der Waals surface area contributed by atoms with Crippen molar-refractivity contribution in [1.29, 1.82) is 0 Å². The Kier molecular flexibility index (Phi) is 4.28. The van der Waals surface area contributed by atoms with Crippen LogP contribution in [0, 0.1) is 18.8 Å². The molecule has 0 aliphatic heterocycles. The highest BCUT2D eigenvalue weighted by molar-refractivity contribution is 5.39. The summed E-state index contributed by atoms with van der Waals surface area (Å²) in [6.45, 7) is 7.41. The highest BCUT2D eigenvalue weighted by Crippen LogP contribution is 2.29. The van der Waals surface area contributed by atoms with Gasteiger partial charge in [0.25, 0.3) is 0 Å². The lowest BCUT2D eigenvalue weighted by molar-refractivity contribution is 0.237. The molecule has 2 heteroatoms. The molecule has 2 N–H and O–H groups in total. The maximum absolute atomic E-state index is 9.99. The molecule has 1 aromatic rings. The number of phenolic OH excluding ortho intramolecular Hbond substituents is 1. The van der Waals surface area contributed by atoms with Crippen molar-refractivity contribution in [3.8, 4) is 5.75 Å². The second kappa shape index (κ2) is 5.75. The molecule has 1 aromatic carbocycles. The van der Waals surface area contributed by atoms with Crippen LogP contribution < -0.4 is 5.32 Å². The second-order valence-electron chi connectivity index (χ2n) is 6.08. The van der Waals surface area contributed by atoms with Crippen molar-refractivity contribution < 1.29 is 5.11 Å². The van der Waals surface area contributed by atoms with Gasteiger partial charge in [0.1, 0.15) is 5.75 Å². The molecule has 1 saturated carbocycles. The summed E-state index contributed by atoms with van der Waals surface area (Å²) in [7, 11) is 0. The normalized spacial score (nSPS) is 28.3. The van der Waals surface area contributed by atoms with E-state index < -0.39 is 0 Å². The van der Waals surface area contributed by atoms with E-state index in [9.17, 15) is 5.11 Å². The third-order valence-electron chi connectivity index (χ3n) is 4.08. The Hall–Kier alpha value is -1.02. The molecule has 18 heavy (non-hydrogen) atoms. The molecule has 2 atom stereocenters. The molecule has 1 aliphatic carbocycles. The van der Waals surface area contributed by atoms with E-state index in [0.717, 1.165) is 29.5 Å². The molecule has 0 saturated heterocycles. The SMILES string of the molecule is Cc1cccc(CNC2CC(C)CC(C)C2)c1O. The Morgan fingerprint density at radius 1 is 1.17 bits per heavy atom. The van der Waals surface area contributed by atoms with Crippen LogP contribution in [0.5, 0.6) is 5.75 Å². The Morgan fingerprint density at radius 3 is 2.50 bits per heavy atom. The second-order valence-corrected chi connectivity index (χ2v) is 6.08. The summed E-state index contributed by atoms with van der Waals surface area (Å²) in [5, 5.41) is 13.6. The standard InChI is InChI=1S/C16H25NO/c1-11-7-12(2)9-15(8-11)17-10-14-6-4-5-13(3)16(14)18/h4-6,11-12,15,17-18H,7-10H2,1-3H3. The quantitative estimate of drug-likeness (QED) is 0.855. The maximum Gasteiger partial charge on any atom is 0.122 e. The first-order valence-corrected chi connectivity index (χ1v) is 7.07. The number of hydrogen-bond acceptors (Lipinski definition) is 2. The van der Waals surface area contributed by atoms with Gasteiger partial charge in [-0.3, -0.25) is 0 Å². The Labute approximate surface area is 110 Å². The molecule has 2 rings (SSSR count). The van der Waals surface area contributed by atoms with Crippen LogP contribution in [0.4, 0.5) is 0 Å². The van der Waals surface area contributed by atoms with Gasteiger partial charge in [0.2, 0.25) is 0 Å². The molecule has 100 valence electrons. The van der Waals surface area contributed by atoms with E-state index in [1.165, 1.54) is 19.3 Å². The molecule has 0 aromatic heterocycles. The highest BCUT2D eigenvalue weighted by Gasteiger charge is 2.23. The van der Waals surface area contributed by atoms with Crippen LogP contribution in [0.2, 0.25) is 0 Å². The van der Waals surface area contributed by atoms with Crippen LogP contribution in [-0.2, 0) is 6.54 Å². The minimum Gasteiger partial charge on any atom is -0.507 e. The summed E-state index contributed by atoms with van der Waals surface area (Å²) >= 11 is 0. The summed E-state index contributed by atoms with van der Waals surface area (Å²) in [5.74, 6) is 2.08. The van der Waals surface area contributed by atoms with Gasteiger partial charge in [0.05, 0.1) is 0 Å². The topological polar surface area (TPSA) is 32.3 Å². The third-order valence-corrected chi connectivity index (χ3v) is 4.08. The average molecular weight is 247 g/mol. The number of para-hydroxylation sites is 1. The van der Waals surface area contributed by atoms with Crippen molar-refractivity contribution in [3.63, 3.8) is 0 Å². The lowest BCUT2D eigenvalue weighted by atomic mass is 9.80. The number of phenols is 1. The van der Waals surface area contributed by atoms with Crippen LogP contribution in [0.15, 0.2) is 18.2 Å². The van der Waals surface area contributed by atoms with Gasteiger partial charge in [0.15, 0.2) is 0 Å². The number of hydrogen-bond donors (Lipinski definition) is 2. The summed E-state index contributed by atoms with van der Waals surface area (Å²) in [6.07, 6.45) is 3.88. The van der Waals surface area contributed by atoms with Gasteiger partial charge in [-0.15, -0.1) is 0 Å². The van der Waals surface area contributed by atoms with E-state index in [0.29, 0.717) is 11.8 Å². The average Bonchev–Trinajstić information content (AvgIpc) is 2.30. The lowest BCUT2D eigenvalue weighted by Gasteiger charge is -2.32. The summed E-state index contributed by atoms with van der Waals surface area (Å²) in [6, 6.07) is 6.57. The Bertz CT molecular complexity index is 392. The van der Waals surface area contributed by atoms with Crippen LogP contribution >= 0.6 is 0 Å². The lowest BCUT2D eigenvalue weighted by Crippen LogP contribution is -2.35. The number of rotatable bonds is 3. The fourth-order valence-electron chi connectivity index (χ4n) is 3.23. The van der Waals surface area contributed by atoms with Crippen LogP contribution in [-0.4, -0.2) is 11.1 Å². The molecule has 2 unspecified atom stereocenters. The molecular formula is C16H25NO. The van der Waals surface area contributed by atoms with Gasteiger partial charge in [-0.05, 0) is 43.6 Å². The van der Waals surface area contributed by atoms with Crippen molar-refractivity contribution in [2.75, 3.05) is 0 Å². The van der Waals surface area contributed by atoms with E-state index in [1.807, 2.05) is 25.1 Å². The molecule has 0 heterocycles. The van der Waals surface area contributed by atoms with E-state index in [-0.39, 0.29) is 0 Å². The molecule has 0 spiro atoms. The molecule has 0 amide bonds. The van der Waals surface area contributed by atoms with Crippen molar-refractivity contribution in [3.05, 3.63) is 29.3 Å². The largest absolute Gasteiger partial charge is 0.507 e. The smallest absolute Gasteiger partial charge is 0.122 e. The number of aryl methyl sites for hydroxylation is 1. The monoisotopic (exact) mass is 247 g/mol. The molecule has 0 radical (unpaired) electrons. The summed E-state index contributed by atoms with van der Waals surface area (Å²) in [5.41, 5.74) is 1.97. The Balaban J connectivity index is 1.93. The van der Waals surface area contributed by atoms with Crippen LogP contribution in [0.25, 0.3) is 0 Å². The van der Waals surface area contributed by atoms with Crippen molar-refractivity contribution in [2.45, 2.75) is 52.6 Å². The van der Waals surface area contributed by atoms with Crippen LogP contribution in [0.1, 0.15) is 44.2 Å². The summed E-state index contributed by atoms with van der Waals surface area (Å²) < 4.78 is 0. The van der Waals surface area contributed by atoms with Gasteiger partial charge in [0, 0.05) is 18.2 Å². The third kappa shape index (κ3) is 3.26. The van der Waals surface area contributed by atoms with Crippen molar-refractivity contribution >= 4 is 0 Å². The first-order valence-electron chi connectivity index (χ1n) is 7.07. The van der Waals surface area contributed by atoms with E-state index in [2.05, 4.69) is 19.2 Å². The maximum atomic E-state index is 9.99. The predicted octanol–water partition coefficient (Wildman–Crippen LogP) is 3.61. The zero-order chi connectivity index (χ0) is 13.1. The number of benzene rings is 1. The number of aromatic hydroxyl groups is 1. The minimum absolute atomic E-state index is 0.446. The number of nitrogens with one attached hydrogen (secondary N) is 1. The van der Waals surface area contributed by atoms with E-state index in [4.69, 9.17) is 0 Å². The molecule has 0 bridgehead atoms. The first kappa shape index (κ1) is 13.4. The molecule has 1 aliphatic rings. The van der Waals surface area contributed by atoms with Crippen molar-refractivity contribution in [1.82, 2.24) is 5.32 Å². The van der Waals surface area contributed by atoms with Gasteiger partial charge in [-0.1, -0.05) is 32.0 Å². The van der Waals surface area contributed by atoms with Gasteiger partial charge in [-0.25, -0.2) is 0 Å². The predicted molar refractivity (Wildman–Crippen MR) is 75.7 cm³/mol. The zero-order valence-electron chi connectivity index (χ0n) is 11.7. The first-order chi connectivity index (χ1) is 8.56. The van der Waals surface area contributed by atoms with Crippen molar-refractivity contribution in [2.24, 2.45) is 11.8 Å². The van der Waals surface area contributed by atoms with Gasteiger partial charge >= 0.3 is 0 Å². The summed E-state index contributed by atoms with van der Waals surface area (Å²) in [4.78, 5) is 0. The van der Waals surface area contributed by atoms with E-state index >= 15 is 0 Å². The van der Waals surface area contributed by atoms with Crippen LogP contribution in [0.3, 0.4) is 0 Å². The van der Waals surface area contributed by atoms with Gasteiger partial charge in [-0.2, -0.15) is 0 Å². The Morgan fingerprint density at radius 2 is 1.83 bits per heavy atom. The molecular weight excluding hydrogens is 222 g/mol. The molecule has 2 nitrogen and oxygen atoms in total. The minimum atomic E-state index is 0.446. The molecule has 1 fully saturated rings.